The second-order valence-electron chi connectivity index (χ2n) is 5.28. The number of nitrogens with zero attached hydrogens (tertiary/aromatic N) is 4. The number of nitrogens with one attached hydrogen (secondary N) is 1. The molecule has 0 bridgehead atoms. The Hall–Kier alpha value is -1.69. The molecule has 102 valence electrons. The largest absolute Gasteiger partial charge is 0.348 e. The zero-order valence-electron chi connectivity index (χ0n) is 11.2. The fraction of sp³-hybridized carbons (Fsp3) is 0.615. The standard InChI is InChI=1S/C13H19N5O/c1-17-6-8-18(9-7-17)13-14-5-4-11(16-13)12(19)15-10-2-3-10/h4-5,10H,2-3,6-9H2,1H3,(H,15,19). The normalized spacial score (nSPS) is 20.4. The molecule has 6 nitrogen and oxygen atoms in total. The van der Waals surface area contributed by atoms with Gasteiger partial charge >= 0.3 is 0 Å². The van der Waals surface area contributed by atoms with Crippen LogP contribution in [0.2, 0.25) is 0 Å². The molecule has 0 aromatic carbocycles. The van der Waals surface area contributed by atoms with E-state index in [9.17, 15) is 4.79 Å². The molecular formula is C13H19N5O. The Morgan fingerprint density at radius 1 is 1.32 bits per heavy atom. The second-order valence-corrected chi connectivity index (χ2v) is 5.28. The van der Waals surface area contributed by atoms with Gasteiger partial charge in [-0.2, -0.15) is 0 Å². The van der Waals surface area contributed by atoms with Crippen molar-refractivity contribution in [3.05, 3.63) is 18.0 Å². The lowest BCUT2D eigenvalue weighted by Crippen LogP contribution is -2.45. The van der Waals surface area contributed by atoms with Crippen molar-refractivity contribution in [1.82, 2.24) is 20.2 Å². The van der Waals surface area contributed by atoms with Crippen LogP contribution in [0.3, 0.4) is 0 Å². The molecule has 0 atom stereocenters. The van der Waals surface area contributed by atoms with Gasteiger partial charge in [-0.1, -0.05) is 0 Å². The first-order chi connectivity index (χ1) is 9.22. The summed E-state index contributed by atoms with van der Waals surface area (Å²) in [4.78, 5) is 25.0. The number of carbonyl (C=O) groups excluding carboxylic acids is 1. The van der Waals surface area contributed by atoms with Crippen LogP contribution in [0, 0.1) is 0 Å². The van der Waals surface area contributed by atoms with E-state index in [1.165, 1.54) is 0 Å². The summed E-state index contributed by atoms with van der Waals surface area (Å²) in [5.41, 5.74) is 0.468. The minimum Gasteiger partial charge on any atom is -0.348 e. The summed E-state index contributed by atoms with van der Waals surface area (Å²) in [7, 11) is 2.11. The summed E-state index contributed by atoms with van der Waals surface area (Å²) in [5, 5.41) is 2.95. The molecule has 1 amide bonds. The molecule has 1 N–H and O–H groups in total. The lowest BCUT2D eigenvalue weighted by Gasteiger charge is -2.32. The number of carbonyl (C=O) groups is 1. The van der Waals surface area contributed by atoms with Crippen LogP contribution < -0.4 is 10.2 Å². The van der Waals surface area contributed by atoms with Gasteiger partial charge in [-0.15, -0.1) is 0 Å². The fourth-order valence-corrected chi connectivity index (χ4v) is 2.12. The minimum absolute atomic E-state index is 0.0831. The maximum atomic E-state index is 12.0. The van der Waals surface area contributed by atoms with Gasteiger partial charge in [0.1, 0.15) is 5.69 Å². The lowest BCUT2D eigenvalue weighted by atomic mass is 10.3. The molecule has 1 saturated carbocycles. The molecule has 1 aliphatic carbocycles. The van der Waals surface area contributed by atoms with E-state index in [0.717, 1.165) is 39.0 Å². The van der Waals surface area contributed by atoms with Crippen molar-refractivity contribution in [3.63, 3.8) is 0 Å². The van der Waals surface area contributed by atoms with Crippen LogP contribution in [0.25, 0.3) is 0 Å². The van der Waals surface area contributed by atoms with Crippen LogP contribution in [0.5, 0.6) is 0 Å². The predicted molar refractivity (Wildman–Crippen MR) is 72.2 cm³/mol. The predicted octanol–water partition coefficient (Wildman–Crippen LogP) is 0.121. The van der Waals surface area contributed by atoms with Crippen molar-refractivity contribution in [1.29, 1.82) is 0 Å². The molecule has 1 aliphatic heterocycles. The summed E-state index contributed by atoms with van der Waals surface area (Å²) < 4.78 is 0. The highest BCUT2D eigenvalue weighted by molar-refractivity contribution is 5.92. The van der Waals surface area contributed by atoms with Gasteiger partial charge in [0.25, 0.3) is 5.91 Å². The van der Waals surface area contributed by atoms with E-state index in [-0.39, 0.29) is 5.91 Å². The summed E-state index contributed by atoms with van der Waals surface area (Å²) >= 11 is 0. The maximum absolute atomic E-state index is 12.0. The summed E-state index contributed by atoms with van der Waals surface area (Å²) in [5.74, 6) is 0.580. The molecule has 2 aliphatic rings. The number of likely N-dealkylation sites (N-methyl/N-ethyl adjacent to an activating group) is 1. The third-order valence-corrected chi connectivity index (χ3v) is 3.57. The number of anilines is 1. The second kappa shape index (κ2) is 5.13. The van der Waals surface area contributed by atoms with Crippen LogP contribution >= 0.6 is 0 Å². The first-order valence-electron chi connectivity index (χ1n) is 6.80. The number of piperazine rings is 1. The first-order valence-corrected chi connectivity index (χ1v) is 6.80. The first kappa shape index (κ1) is 12.3. The van der Waals surface area contributed by atoms with Gasteiger partial charge in [-0.25, -0.2) is 9.97 Å². The van der Waals surface area contributed by atoms with Gasteiger partial charge in [0.15, 0.2) is 0 Å². The SMILES string of the molecule is CN1CCN(c2nccc(C(=O)NC3CC3)n2)CC1. The average molecular weight is 261 g/mol. The van der Waals surface area contributed by atoms with Gasteiger partial charge in [0.05, 0.1) is 0 Å². The van der Waals surface area contributed by atoms with Gasteiger partial charge in [0, 0.05) is 38.4 Å². The molecule has 0 unspecified atom stereocenters. The highest BCUT2D eigenvalue weighted by atomic mass is 16.2. The van der Waals surface area contributed by atoms with Crippen molar-refractivity contribution >= 4 is 11.9 Å². The summed E-state index contributed by atoms with van der Waals surface area (Å²) in [6.45, 7) is 3.82. The molecule has 1 aromatic heterocycles. The topological polar surface area (TPSA) is 61.4 Å². The van der Waals surface area contributed by atoms with Crippen LogP contribution in [0.1, 0.15) is 23.3 Å². The van der Waals surface area contributed by atoms with Gasteiger partial charge in [-0.05, 0) is 26.0 Å². The quantitative estimate of drug-likeness (QED) is 0.837. The van der Waals surface area contributed by atoms with Crippen LogP contribution in [-0.4, -0.2) is 60.0 Å². The Labute approximate surface area is 112 Å². The molecule has 19 heavy (non-hydrogen) atoms. The van der Waals surface area contributed by atoms with E-state index in [1.54, 1.807) is 12.3 Å². The smallest absolute Gasteiger partial charge is 0.270 e. The average Bonchev–Trinajstić information content (AvgIpc) is 3.24. The fourth-order valence-electron chi connectivity index (χ4n) is 2.12. The van der Waals surface area contributed by atoms with Crippen LogP contribution in [0.15, 0.2) is 12.3 Å². The number of hydrogen-bond donors (Lipinski definition) is 1. The number of rotatable bonds is 3. The van der Waals surface area contributed by atoms with Crippen LogP contribution in [0.4, 0.5) is 5.95 Å². The zero-order valence-corrected chi connectivity index (χ0v) is 11.2. The monoisotopic (exact) mass is 261 g/mol. The van der Waals surface area contributed by atoms with E-state index < -0.39 is 0 Å². The van der Waals surface area contributed by atoms with Gasteiger partial charge in [-0.3, -0.25) is 4.79 Å². The molecule has 2 fully saturated rings. The van der Waals surface area contributed by atoms with Crippen molar-refractivity contribution in [2.24, 2.45) is 0 Å². The van der Waals surface area contributed by atoms with E-state index in [0.29, 0.717) is 17.7 Å². The van der Waals surface area contributed by atoms with E-state index >= 15 is 0 Å². The minimum atomic E-state index is -0.0831. The summed E-state index contributed by atoms with van der Waals surface area (Å²) in [6, 6.07) is 2.03. The van der Waals surface area contributed by atoms with Crippen molar-refractivity contribution < 1.29 is 4.79 Å². The Morgan fingerprint density at radius 2 is 2.05 bits per heavy atom. The number of hydrogen-bond acceptors (Lipinski definition) is 5. The molecule has 1 aromatic rings. The lowest BCUT2D eigenvalue weighted by molar-refractivity contribution is 0.0946. The van der Waals surface area contributed by atoms with Gasteiger partial charge in [0.2, 0.25) is 5.95 Å². The highest BCUT2D eigenvalue weighted by Crippen LogP contribution is 2.19. The molecule has 1 saturated heterocycles. The van der Waals surface area contributed by atoms with Gasteiger partial charge < -0.3 is 15.1 Å². The van der Waals surface area contributed by atoms with Crippen molar-refractivity contribution in [3.8, 4) is 0 Å². The Balaban J connectivity index is 1.70. The van der Waals surface area contributed by atoms with Crippen molar-refractivity contribution in [2.75, 3.05) is 38.1 Å². The number of aromatic nitrogens is 2. The van der Waals surface area contributed by atoms with E-state index in [2.05, 4.69) is 32.1 Å². The highest BCUT2D eigenvalue weighted by Gasteiger charge is 2.25. The third-order valence-electron chi connectivity index (χ3n) is 3.57. The molecule has 0 radical (unpaired) electrons. The Bertz CT molecular complexity index is 466. The maximum Gasteiger partial charge on any atom is 0.270 e. The molecule has 6 heteroatoms. The van der Waals surface area contributed by atoms with Crippen LogP contribution in [-0.2, 0) is 0 Å². The van der Waals surface area contributed by atoms with Crippen molar-refractivity contribution in [2.45, 2.75) is 18.9 Å². The molecule has 0 spiro atoms. The third kappa shape index (κ3) is 3.01. The number of amides is 1. The van der Waals surface area contributed by atoms with E-state index in [4.69, 9.17) is 0 Å². The Kier molecular flexibility index (Phi) is 3.33. The molecular weight excluding hydrogens is 242 g/mol. The van der Waals surface area contributed by atoms with E-state index in [1.807, 2.05) is 0 Å². The summed E-state index contributed by atoms with van der Waals surface area (Å²) in [6.07, 6.45) is 3.84. The Morgan fingerprint density at radius 3 is 2.74 bits per heavy atom. The molecule has 3 rings (SSSR count). The zero-order chi connectivity index (χ0) is 13.2. The molecule has 2 heterocycles.